The molecule has 1 fully saturated rings. The highest BCUT2D eigenvalue weighted by molar-refractivity contribution is 5.92. The number of carbonyl (C=O) groups excluding carboxylic acids is 1. The van der Waals surface area contributed by atoms with Crippen molar-refractivity contribution in [2.24, 2.45) is 5.92 Å². The molecule has 1 aromatic rings. The van der Waals surface area contributed by atoms with Crippen molar-refractivity contribution in [2.75, 3.05) is 12.4 Å². The van der Waals surface area contributed by atoms with Crippen molar-refractivity contribution < 1.29 is 14.8 Å². The molecule has 1 aliphatic carbocycles. The van der Waals surface area contributed by atoms with Crippen LogP contribution in [0.2, 0.25) is 0 Å². The molecule has 122 valence electrons. The van der Waals surface area contributed by atoms with Crippen LogP contribution in [-0.2, 0) is 4.79 Å². The van der Waals surface area contributed by atoms with Gasteiger partial charge in [-0.1, -0.05) is 25.5 Å². The van der Waals surface area contributed by atoms with Gasteiger partial charge < -0.3 is 15.4 Å². The fourth-order valence-electron chi connectivity index (χ4n) is 3.36. The molecule has 0 spiro atoms. The van der Waals surface area contributed by atoms with Crippen molar-refractivity contribution in [3.05, 3.63) is 24.3 Å². The number of quaternary nitrogens is 1. The van der Waals surface area contributed by atoms with Gasteiger partial charge in [-0.05, 0) is 38.3 Å². The maximum Gasteiger partial charge on any atom is 0.230 e. The number of anilines is 1. The average molecular weight is 305 g/mol. The second kappa shape index (κ2) is 8.18. The van der Waals surface area contributed by atoms with Crippen molar-refractivity contribution >= 4 is 11.6 Å². The van der Waals surface area contributed by atoms with Gasteiger partial charge in [0.1, 0.15) is 5.75 Å². The third kappa shape index (κ3) is 4.73. The molecule has 1 aromatic carbocycles. The second-order valence-corrected chi connectivity index (χ2v) is 6.55. The average Bonchev–Trinajstić information content (AvgIpc) is 2.50. The van der Waals surface area contributed by atoms with Crippen LogP contribution in [0.4, 0.5) is 5.69 Å². The summed E-state index contributed by atoms with van der Waals surface area (Å²) in [6, 6.07) is 8.50. The molecule has 2 rings (SSSR count). The molecule has 0 unspecified atom stereocenters. The summed E-state index contributed by atoms with van der Waals surface area (Å²) in [7, 11) is 1.62. The van der Waals surface area contributed by atoms with Crippen molar-refractivity contribution in [2.45, 2.75) is 58.0 Å². The van der Waals surface area contributed by atoms with Crippen molar-refractivity contribution in [3.8, 4) is 5.75 Å². The molecule has 1 saturated carbocycles. The Bertz CT molecular complexity index is 490. The Hall–Kier alpha value is -1.55. The van der Waals surface area contributed by atoms with Crippen LogP contribution in [0.1, 0.15) is 46.0 Å². The predicted molar refractivity (Wildman–Crippen MR) is 89.0 cm³/mol. The van der Waals surface area contributed by atoms with Gasteiger partial charge in [-0.3, -0.25) is 4.79 Å². The van der Waals surface area contributed by atoms with Gasteiger partial charge in [0, 0.05) is 5.92 Å². The molecule has 0 radical (unpaired) electrons. The van der Waals surface area contributed by atoms with E-state index < -0.39 is 0 Å². The number of carbonyl (C=O) groups is 1. The number of methoxy groups -OCH3 is 1. The molecular weight excluding hydrogens is 276 g/mol. The van der Waals surface area contributed by atoms with E-state index in [9.17, 15) is 4.79 Å². The van der Waals surface area contributed by atoms with E-state index in [-0.39, 0.29) is 5.91 Å². The van der Waals surface area contributed by atoms with Crippen molar-refractivity contribution in [3.63, 3.8) is 0 Å². The molecule has 4 heteroatoms. The summed E-state index contributed by atoms with van der Waals surface area (Å²) in [4.78, 5) is 12.2. The lowest BCUT2D eigenvalue weighted by Crippen LogP contribution is -2.96. The lowest BCUT2D eigenvalue weighted by molar-refractivity contribution is -0.725. The van der Waals surface area contributed by atoms with E-state index in [0.29, 0.717) is 24.3 Å². The van der Waals surface area contributed by atoms with Crippen LogP contribution in [0.25, 0.3) is 0 Å². The Morgan fingerprint density at radius 2 is 2.09 bits per heavy atom. The van der Waals surface area contributed by atoms with E-state index in [1.165, 1.54) is 25.7 Å². The molecule has 3 atom stereocenters. The number of amides is 1. The van der Waals surface area contributed by atoms with E-state index in [4.69, 9.17) is 4.74 Å². The summed E-state index contributed by atoms with van der Waals surface area (Å²) >= 11 is 0. The minimum Gasteiger partial charge on any atom is -0.495 e. The predicted octanol–water partition coefficient (Wildman–Crippen LogP) is 2.55. The zero-order valence-electron chi connectivity index (χ0n) is 14.0. The van der Waals surface area contributed by atoms with E-state index in [0.717, 1.165) is 11.6 Å². The van der Waals surface area contributed by atoms with Crippen molar-refractivity contribution in [1.82, 2.24) is 0 Å². The molecular formula is C18H29N2O2+. The smallest absolute Gasteiger partial charge is 0.230 e. The van der Waals surface area contributed by atoms with Crippen LogP contribution < -0.4 is 15.4 Å². The Balaban J connectivity index is 1.83. The summed E-state index contributed by atoms with van der Waals surface area (Å²) in [6.07, 6.45) is 5.81. The first kappa shape index (κ1) is 16.8. The maximum absolute atomic E-state index is 12.2. The van der Waals surface area contributed by atoms with E-state index >= 15 is 0 Å². The number of rotatable bonds is 6. The Morgan fingerprint density at radius 1 is 1.36 bits per heavy atom. The third-order valence-electron chi connectivity index (χ3n) is 4.64. The third-order valence-corrected chi connectivity index (χ3v) is 4.64. The summed E-state index contributed by atoms with van der Waals surface area (Å²) in [6.45, 7) is 4.48. The normalized spacial score (nSPS) is 22.9. The Morgan fingerprint density at radius 3 is 2.82 bits per heavy atom. The highest BCUT2D eigenvalue weighted by Gasteiger charge is 2.26. The fraction of sp³-hybridized carbons (Fsp3) is 0.611. The molecule has 3 N–H and O–H groups in total. The summed E-state index contributed by atoms with van der Waals surface area (Å²) in [5.74, 6) is 1.51. The van der Waals surface area contributed by atoms with Gasteiger partial charge in [0.15, 0.2) is 0 Å². The van der Waals surface area contributed by atoms with Gasteiger partial charge in [-0.15, -0.1) is 0 Å². The van der Waals surface area contributed by atoms with Crippen LogP contribution in [0.3, 0.4) is 0 Å². The molecule has 0 aliphatic heterocycles. The first-order chi connectivity index (χ1) is 10.6. The van der Waals surface area contributed by atoms with Crippen LogP contribution >= 0.6 is 0 Å². The quantitative estimate of drug-likeness (QED) is 0.848. The largest absolute Gasteiger partial charge is 0.495 e. The summed E-state index contributed by atoms with van der Waals surface area (Å²) < 4.78 is 5.26. The molecule has 1 aliphatic rings. The van der Waals surface area contributed by atoms with E-state index in [1.54, 1.807) is 7.11 Å². The van der Waals surface area contributed by atoms with E-state index in [2.05, 4.69) is 24.5 Å². The SMILES string of the molecule is COc1ccccc1NC(=O)C[C@H](C)[NH2+][C@H]1CCCC[C@H]1C. The van der Waals surface area contributed by atoms with Gasteiger partial charge in [0.05, 0.1) is 31.3 Å². The van der Waals surface area contributed by atoms with E-state index in [1.807, 2.05) is 24.3 Å². The highest BCUT2D eigenvalue weighted by atomic mass is 16.5. The van der Waals surface area contributed by atoms with Crippen LogP contribution in [0, 0.1) is 5.92 Å². The topological polar surface area (TPSA) is 54.9 Å². The molecule has 4 nitrogen and oxygen atoms in total. The van der Waals surface area contributed by atoms with Gasteiger partial charge in [0.2, 0.25) is 5.91 Å². The number of para-hydroxylation sites is 2. The minimum atomic E-state index is 0.0525. The molecule has 1 amide bonds. The number of nitrogens with one attached hydrogen (secondary N) is 1. The zero-order valence-corrected chi connectivity index (χ0v) is 14.0. The summed E-state index contributed by atoms with van der Waals surface area (Å²) in [5.41, 5.74) is 0.744. The summed E-state index contributed by atoms with van der Waals surface area (Å²) in [5, 5.41) is 5.35. The first-order valence-corrected chi connectivity index (χ1v) is 8.38. The molecule has 22 heavy (non-hydrogen) atoms. The Labute approximate surface area is 133 Å². The zero-order chi connectivity index (χ0) is 15.9. The number of nitrogens with two attached hydrogens (primary N) is 1. The lowest BCUT2D eigenvalue weighted by Gasteiger charge is -2.29. The number of hydrogen-bond acceptors (Lipinski definition) is 2. The molecule has 0 saturated heterocycles. The maximum atomic E-state index is 12.2. The standard InChI is InChI=1S/C18H28N2O2/c1-13-8-4-5-9-15(13)19-14(2)12-18(21)20-16-10-6-7-11-17(16)22-3/h6-7,10-11,13-15,19H,4-5,8-9,12H2,1-3H3,(H,20,21)/p+1/t13-,14+,15+/m1/s1. The van der Waals surface area contributed by atoms with Gasteiger partial charge >= 0.3 is 0 Å². The lowest BCUT2D eigenvalue weighted by atomic mass is 9.85. The monoisotopic (exact) mass is 305 g/mol. The number of hydrogen-bond donors (Lipinski definition) is 2. The van der Waals surface area contributed by atoms with Crippen LogP contribution in [0.15, 0.2) is 24.3 Å². The molecule has 0 bridgehead atoms. The molecule has 0 heterocycles. The van der Waals surface area contributed by atoms with Crippen LogP contribution in [-0.4, -0.2) is 25.1 Å². The Kier molecular flexibility index (Phi) is 6.25. The van der Waals surface area contributed by atoms with Gasteiger partial charge in [-0.2, -0.15) is 0 Å². The van der Waals surface area contributed by atoms with Crippen molar-refractivity contribution in [1.29, 1.82) is 0 Å². The first-order valence-electron chi connectivity index (χ1n) is 8.38. The van der Waals surface area contributed by atoms with Gasteiger partial charge in [-0.25, -0.2) is 0 Å². The van der Waals surface area contributed by atoms with Crippen LogP contribution in [0.5, 0.6) is 5.75 Å². The van der Waals surface area contributed by atoms with Gasteiger partial charge in [0.25, 0.3) is 0 Å². The highest BCUT2D eigenvalue weighted by Crippen LogP contribution is 2.23. The fourth-order valence-corrected chi connectivity index (χ4v) is 3.36. The minimum absolute atomic E-state index is 0.0525. The second-order valence-electron chi connectivity index (χ2n) is 6.55. The number of ether oxygens (including phenoxy) is 1. The molecule has 0 aromatic heterocycles. The number of benzene rings is 1.